The lowest BCUT2D eigenvalue weighted by Gasteiger charge is -2.15. The molecule has 7 nitrogen and oxygen atoms in total. The Labute approximate surface area is 141 Å². The molecule has 0 spiro atoms. The fraction of sp³-hybridized carbons (Fsp3) is 0.400. The number of carbonyl (C=O) groups excluding carboxylic acids is 1. The third-order valence-corrected chi connectivity index (χ3v) is 3.58. The molecule has 0 aromatic rings. The van der Waals surface area contributed by atoms with E-state index in [1.807, 2.05) is 6.92 Å². The minimum absolute atomic E-state index is 0.0278. The third kappa shape index (κ3) is 9.67. The molecule has 23 heavy (non-hydrogen) atoms. The molecule has 1 atom stereocenters. The fourth-order valence-electron chi connectivity index (χ4n) is 1.60. The first kappa shape index (κ1) is 21.1. The van der Waals surface area contributed by atoms with Gasteiger partial charge in [0.25, 0.3) is 0 Å². The summed E-state index contributed by atoms with van der Waals surface area (Å²) >= 11 is 1.30. The molecule has 8 heteroatoms. The number of aliphatic imine (C=N–C) groups is 2. The molecule has 128 valence electrons. The Morgan fingerprint density at radius 2 is 2.13 bits per heavy atom. The monoisotopic (exact) mass is 338 g/mol. The van der Waals surface area contributed by atoms with Crippen LogP contribution in [-0.2, 0) is 4.79 Å². The van der Waals surface area contributed by atoms with Crippen LogP contribution in [-0.4, -0.2) is 35.1 Å². The minimum Gasteiger partial charge on any atom is -0.370 e. The normalized spacial score (nSPS) is 12.9. The number of hydrogen-bond acceptors (Lipinski definition) is 6. The van der Waals surface area contributed by atoms with Gasteiger partial charge in [0.1, 0.15) is 5.04 Å². The zero-order valence-electron chi connectivity index (χ0n) is 13.5. The molecule has 0 heterocycles. The molecule has 0 aromatic carbocycles. The largest absolute Gasteiger partial charge is 0.370 e. The van der Waals surface area contributed by atoms with Gasteiger partial charge in [0.2, 0.25) is 5.78 Å². The molecule has 0 amide bonds. The summed E-state index contributed by atoms with van der Waals surface area (Å²) in [5.74, 6) is 5.91. The summed E-state index contributed by atoms with van der Waals surface area (Å²) < 4.78 is 0. The number of thioether (sulfide) groups is 1. The average Bonchev–Trinajstić information content (AvgIpc) is 2.51. The number of Topliss-reactive ketones (excluding diaryl/α,β-unsaturated/α-hetero) is 1. The van der Waals surface area contributed by atoms with Gasteiger partial charge in [-0.1, -0.05) is 30.5 Å². The van der Waals surface area contributed by atoms with Crippen LogP contribution in [0.1, 0.15) is 19.8 Å². The lowest BCUT2D eigenvalue weighted by molar-refractivity contribution is -0.114. The predicted octanol–water partition coefficient (Wildman–Crippen LogP) is 0.849. The van der Waals surface area contributed by atoms with E-state index in [2.05, 4.69) is 28.6 Å². The Bertz CT molecular complexity index is 494. The maximum absolute atomic E-state index is 12.6. The van der Waals surface area contributed by atoms with Gasteiger partial charge in [-0.2, -0.15) is 0 Å². The molecule has 0 aliphatic carbocycles. The topological polar surface area (TPSA) is 132 Å². The number of ketones is 1. The van der Waals surface area contributed by atoms with Crippen molar-refractivity contribution in [1.82, 2.24) is 5.43 Å². The van der Waals surface area contributed by atoms with Gasteiger partial charge in [-0.3, -0.25) is 15.6 Å². The van der Waals surface area contributed by atoms with Crippen LogP contribution < -0.4 is 22.7 Å². The first-order valence-corrected chi connectivity index (χ1v) is 8.14. The van der Waals surface area contributed by atoms with Crippen LogP contribution in [0.25, 0.3) is 0 Å². The Balaban J connectivity index is 4.95. The molecule has 0 aromatic heterocycles. The van der Waals surface area contributed by atoms with Gasteiger partial charge in [-0.25, -0.2) is 10.4 Å². The average molecular weight is 338 g/mol. The summed E-state index contributed by atoms with van der Waals surface area (Å²) in [6.07, 6.45) is 6.35. The summed E-state index contributed by atoms with van der Waals surface area (Å²) in [5.41, 5.74) is 13.5. The van der Waals surface area contributed by atoms with Crippen molar-refractivity contribution in [1.29, 1.82) is 0 Å². The lowest BCUT2D eigenvalue weighted by Crippen LogP contribution is -2.44. The van der Waals surface area contributed by atoms with Gasteiger partial charge >= 0.3 is 0 Å². The number of carbonyl (C=O) groups is 1. The summed E-state index contributed by atoms with van der Waals surface area (Å²) in [6.45, 7) is 9.73. The van der Waals surface area contributed by atoms with E-state index in [9.17, 15) is 4.79 Å². The molecule has 0 unspecified atom stereocenters. The van der Waals surface area contributed by atoms with Crippen molar-refractivity contribution in [3.8, 4) is 0 Å². The van der Waals surface area contributed by atoms with E-state index in [4.69, 9.17) is 17.3 Å². The molecule has 0 bridgehead atoms. The second kappa shape index (κ2) is 12.6. The number of nitrogens with two attached hydrogens (primary N) is 3. The molecule has 7 N–H and O–H groups in total. The number of nitrogens with zero attached hydrogens (tertiary/aromatic N) is 2. The summed E-state index contributed by atoms with van der Waals surface area (Å²) in [7, 11) is 0. The highest BCUT2D eigenvalue weighted by Crippen LogP contribution is 2.13. The van der Waals surface area contributed by atoms with E-state index in [0.29, 0.717) is 35.9 Å². The molecule has 0 saturated carbocycles. The van der Waals surface area contributed by atoms with Crippen molar-refractivity contribution in [3.05, 3.63) is 37.1 Å². The van der Waals surface area contributed by atoms with Crippen molar-refractivity contribution in [3.63, 3.8) is 0 Å². The number of hydrogen-bond donors (Lipinski definition) is 4. The van der Waals surface area contributed by atoms with E-state index in [-0.39, 0.29) is 11.7 Å². The van der Waals surface area contributed by atoms with Gasteiger partial charge in [-0.05, 0) is 25.8 Å². The maximum atomic E-state index is 12.6. The molecule has 0 aliphatic heterocycles. The zero-order chi connectivity index (χ0) is 17.7. The molecule has 0 fully saturated rings. The lowest BCUT2D eigenvalue weighted by atomic mass is 10.1. The number of rotatable bonds is 11. The van der Waals surface area contributed by atoms with Crippen LogP contribution in [0, 0.1) is 0 Å². The molecule has 0 saturated heterocycles. The number of nitrogens with one attached hydrogen (secondary N) is 1. The highest BCUT2D eigenvalue weighted by molar-refractivity contribution is 8.15. The third-order valence-electron chi connectivity index (χ3n) is 2.62. The first-order valence-electron chi connectivity index (χ1n) is 7.16. The van der Waals surface area contributed by atoms with Crippen LogP contribution >= 0.6 is 11.8 Å². The highest BCUT2D eigenvalue weighted by atomic mass is 32.2. The fourth-order valence-corrected chi connectivity index (χ4v) is 2.34. The predicted molar refractivity (Wildman–Crippen MR) is 100 cm³/mol. The van der Waals surface area contributed by atoms with Crippen molar-refractivity contribution in [2.24, 2.45) is 27.3 Å². The summed E-state index contributed by atoms with van der Waals surface area (Å²) in [5, 5.41) is 0.345. The van der Waals surface area contributed by atoms with Crippen molar-refractivity contribution in [2.45, 2.75) is 25.8 Å². The van der Waals surface area contributed by atoms with Crippen LogP contribution in [0.4, 0.5) is 0 Å². The smallest absolute Gasteiger partial charge is 0.205 e. The van der Waals surface area contributed by atoms with E-state index in [0.717, 1.165) is 0 Å². The molecular formula is C15H26N6OS. The number of guanidine groups is 1. The van der Waals surface area contributed by atoms with Gasteiger partial charge in [0.15, 0.2) is 5.96 Å². The number of allylic oxidation sites excluding steroid dienone is 2. The summed E-state index contributed by atoms with van der Waals surface area (Å²) in [4.78, 5) is 20.7. The quantitative estimate of drug-likeness (QED) is 0.0840. The zero-order valence-corrected chi connectivity index (χ0v) is 14.3. The van der Waals surface area contributed by atoms with Gasteiger partial charge in [0, 0.05) is 12.3 Å². The van der Waals surface area contributed by atoms with E-state index >= 15 is 0 Å². The maximum Gasteiger partial charge on any atom is 0.205 e. The first-order chi connectivity index (χ1) is 11.0. The van der Waals surface area contributed by atoms with Gasteiger partial charge in [0.05, 0.1) is 11.7 Å². The van der Waals surface area contributed by atoms with Gasteiger partial charge in [-0.15, -0.1) is 6.58 Å². The van der Waals surface area contributed by atoms with Gasteiger partial charge < -0.3 is 11.5 Å². The standard InChI is InChI=1S/C15H26N6OS/c1-4-7-11(3)20-14(23-10-5-2)13(22)12(21-18)8-6-9-19-15(16)17/h4-5,7,12,21H,2-3,6,8-10,18H2,1H3,(H4,16,17,19)/b7-4-,20-14?/t12-/m0/s1. The van der Waals surface area contributed by atoms with Crippen LogP contribution in [0.15, 0.2) is 47.1 Å². The number of hydrazine groups is 1. The Morgan fingerprint density at radius 3 is 2.65 bits per heavy atom. The Morgan fingerprint density at radius 1 is 1.43 bits per heavy atom. The molecule has 0 radical (unpaired) electrons. The summed E-state index contributed by atoms with van der Waals surface area (Å²) in [6, 6.07) is -0.557. The molecule has 0 aliphatic rings. The van der Waals surface area contributed by atoms with Crippen LogP contribution in [0.3, 0.4) is 0 Å². The second-order valence-electron chi connectivity index (χ2n) is 4.54. The Kier molecular flexibility index (Phi) is 11.6. The van der Waals surface area contributed by atoms with E-state index in [1.165, 1.54) is 11.8 Å². The van der Waals surface area contributed by atoms with E-state index in [1.54, 1.807) is 18.2 Å². The molecule has 0 rings (SSSR count). The van der Waals surface area contributed by atoms with Crippen molar-refractivity contribution < 1.29 is 4.79 Å². The van der Waals surface area contributed by atoms with Crippen molar-refractivity contribution >= 4 is 28.5 Å². The van der Waals surface area contributed by atoms with E-state index < -0.39 is 6.04 Å². The SMILES string of the molecule is C=CCSC(=NC(=C)/C=C\C)C(=O)[C@H](CCCN=C(N)N)NN. The van der Waals surface area contributed by atoms with Crippen LogP contribution in [0.2, 0.25) is 0 Å². The second-order valence-corrected chi connectivity index (χ2v) is 5.55. The van der Waals surface area contributed by atoms with Crippen molar-refractivity contribution in [2.75, 3.05) is 12.3 Å². The minimum atomic E-state index is -0.557. The molecular weight excluding hydrogens is 312 g/mol. The Hall–Kier alpha value is -1.90. The van der Waals surface area contributed by atoms with Crippen LogP contribution in [0.5, 0.6) is 0 Å². The highest BCUT2D eigenvalue weighted by Gasteiger charge is 2.22.